The van der Waals surface area contributed by atoms with Crippen molar-refractivity contribution in [2.45, 2.75) is 19.4 Å². The maximum atomic E-state index is 10.9. The summed E-state index contributed by atoms with van der Waals surface area (Å²) in [5.74, 6) is 0.299. The Morgan fingerprint density at radius 3 is 2.88 bits per heavy atom. The molecule has 0 spiro atoms. The second-order valence-electron chi connectivity index (χ2n) is 3.39. The molecular weight excluding hydrogens is 226 g/mol. The average molecular weight is 241 g/mol. The maximum absolute atomic E-state index is 10.9. The van der Waals surface area contributed by atoms with Gasteiger partial charge in [0, 0.05) is 18.4 Å². The van der Waals surface area contributed by atoms with Crippen LogP contribution in [0.1, 0.15) is 23.8 Å². The predicted molar refractivity (Wildman–Crippen MR) is 65.1 cm³/mol. The molecule has 1 heterocycles. The Bertz CT molecular complexity index is 360. The Balaban J connectivity index is 2.69. The van der Waals surface area contributed by atoms with Crippen molar-refractivity contribution in [3.05, 3.63) is 18.1 Å². The minimum Gasteiger partial charge on any atom is -0.476 e. The second-order valence-corrected chi connectivity index (χ2v) is 4.37. The van der Waals surface area contributed by atoms with E-state index in [9.17, 15) is 4.79 Å². The van der Waals surface area contributed by atoms with Crippen LogP contribution in [0, 0.1) is 0 Å². The number of hydrogen-bond donors (Lipinski definition) is 2. The van der Waals surface area contributed by atoms with Crippen molar-refractivity contribution in [1.82, 2.24) is 9.97 Å². The third-order valence-electron chi connectivity index (χ3n) is 2.04. The van der Waals surface area contributed by atoms with Gasteiger partial charge in [-0.25, -0.2) is 14.8 Å². The number of aromatic carboxylic acids is 1. The number of thioether (sulfide) groups is 1. The van der Waals surface area contributed by atoms with Gasteiger partial charge in [-0.05, 0) is 25.4 Å². The zero-order valence-electron chi connectivity index (χ0n) is 9.30. The normalized spacial score (nSPS) is 12.1. The molecule has 0 amide bonds. The summed E-state index contributed by atoms with van der Waals surface area (Å²) in [7, 11) is 0. The van der Waals surface area contributed by atoms with Crippen LogP contribution >= 0.6 is 11.8 Å². The van der Waals surface area contributed by atoms with Crippen molar-refractivity contribution in [3.8, 4) is 0 Å². The summed E-state index contributed by atoms with van der Waals surface area (Å²) in [6.07, 6.45) is 5.85. The number of carboxylic acid groups (broad SMARTS) is 1. The van der Waals surface area contributed by atoms with E-state index in [1.807, 2.05) is 13.2 Å². The van der Waals surface area contributed by atoms with Crippen LogP contribution in [0.15, 0.2) is 12.4 Å². The highest BCUT2D eigenvalue weighted by Crippen LogP contribution is 2.11. The fraction of sp³-hybridized carbons (Fsp3) is 0.500. The lowest BCUT2D eigenvalue weighted by molar-refractivity contribution is 0.0691. The van der Waals surface area contributed by atoms with E-state index in [0.717, 1.165) is 12.2 Å². The molecule has 0 aliphatic rings. The molecule has 5 nitrogen and oxygen atoms in total. The van der Waals surface area contributed by atoms with E-state index in [1.165, 1.54) is 12.4 Å². The molecular formula is C10H15N3O2S. The molecule has 0 aliphatic carbocycles. The lowest BCUT2D eigenvalue weighted by atomic mass is 10.2. The van der Waals surface area contributed by atoms with Gasteiger partial charge in [0.05, 0.1) is 0 Å². The van der Waals surface area contributed by atoms with Crippen LogP contribution in [0.25, 0.3) is 0 Å². The smallest absolute Gasteiger partial charge is 0.358 e. The molecule has 0 aromatic carbocycles. The van der Waals surface area contributed by atoms with Gasteiger partial charge in [0.15, 0.2) is 11.5 Å². The molecule has 0 aliphatic heterocycles. The van der Waals surface area contributed by atoms with Crippen LogP contribution in [0.4, 0.5) is 5.82 Å². The van der Waals surface area contributed by atoms with Gasteiger partial charge in [-0.15, -0.1) is 0 Å². The lowest BCUT2D eigenvalue weighted by Gasteiger charge is -2.14. The fourth-order valence-corrected chi connectivity index (χ4v) is 1.79. The van der Waals surface area contributed by atoms with Gasteiger partial charge < -0.3 is 10.4 Å². The van der Waals surface area contributed by atoms with E-state index < -0.39 is 5.97 Å². The number of anilines is 1. The molecule has 16 heavy (non-hydrogen) atoms. The molecule has 0 saturated carbocycles. The summed E-state index contributed by atoms with van der Waals surface area (Å²) in [5.41, 5.74) is -0.0292. The Morgan fingerprint density at radius 1 is 1.56 bits per heavy atom. The molecule has 1 rings (SSSR count). The van der Waals surface area contributed by atoms with Gasteiger partial charge in [-0.3, -0.25) is 0 Å². The van der Waals surface area contributed by atoms with E-state index >= 15 is 0 Å². The summed E-state index contributed by atoms with van der Waals surface area (Å²) >= 11 is 1.76. The highest BCUT2D eigenvalue weighted by Gasteiger charge is 2.13. The zero-order valence-corrected chi connectivity index (χ0v) is 10.1. The number of aromatic nitrogens is 2. The van der Waals surface area contributed by atoms with E-state index in [0.29, 0.717) is 5.82 Å². The molecule has 0 fully saturated rings. The van der Waals surface area contributed by atoms with Crippen LogP contribution in [0.2, 0.25) is 0 Å². The summed E-state index contributed by atoms with van der Waals surface area (Å²) in [6, 6.07) is 0.183. The van der Waals surface area contributed by atoms with Crippen molar-refractivity contribution >= 4 is 23.5 Å². The molecule has 1 aromatic heterocycles. The van der Waals surface area contributed by atoms with E-state index in [2.05, 4.69) is 15.3 Å². The monoisotopic (exact) mass is 241 g/mol. The topological polar surface area (TPSA) is 75.1 Å². The van der Waals surface area contributed by atoms with Crippen molar-refractivity contribution in [1.29, 1.82) is 0 Å². The first kappa shape index (κ1) is 12.8. The molecule has 0 radical (unpaired) electrons. The molecule has 0 bridgehead atoms. The Labute approximate surface area is 98.7 Å². The van der Waals surface area contributed by atoms with Crippen LogP contribution in [0.5, 0.6) is 0 Å². The predicted octanol–water partition coefficient (Wildman–Crippen LogP) is 1.73. The summed E-state index contributed by atoms with van der Waals surface area (Å²) in [6.45, 7) is 2.00. The number of rotatable bonds is 6. The Hall–Kier alpha value is -1.30. The number of carbonyl (C=O) groups is 1. The first-order valence-corrected chi connectivity index (χ1v) is 6.34. The minimum absolute atomic E-state index is 0.0292. The van der Waals surface area contributed by atoms with Gasteiger partial charge in [0.25, 0.3) is 0 Å². The van der Waals surface area contributed by atoms with Gasteiger partial charge in [0.1, 0.15) is 0 Å². The molecule has 1 aromatic rings. The Kier molecular flexibility index (Phi) is 5.04. The standard InChI is InChI=1S/C10H15N3O2S/c1-7(3-6-16-2)13-9-8(10(14)15)11-4-5-12-9/h4-5,7H,3,6H2,1-2H3,(H,12,13)(H,14,15). The van der Waals surface area contributed by atoms with Gasteiger partial charge in [-0.2, -0.15) is 11.8 Å². The molecule has 6 heteroatoms. The number of carboxylic acids is 1. The average Bonchev–Trinajstić information content (AvgIpc) is 2.27. The molecule has 1 unspecified atom stereocenters. The SMILES string of the molecule is CSCCC(C)Nc1nccnc1C(=O)O. The number of nitrogens with one attached hydrogen (secondary N) is 1. The lowest BCUT2D eigenvalue weighted by Crippen LogP contribution is -2.19. The van der Waals surface area contributed by atoms with Crippen molar-refractivity contribution < 1.29 is 9.90 Å². The molecule has 88 valence electrons. The van der Waals surface area contributed by atoms with E-state index in [1.54, 1.807) is 11.8 Å². The van der Waals surface area contributed by atoms with E-state index in [4.69, 9.17) is 5.11 Å². The second kappa shape index (κ2) is 6.32. The highest BCUT2D eigenvalue weighted by atomic mass is 32.2. The quantitative estimate of drug-likeness (QED) is 0.790. The first-order chi connectivity index (χ1) is 7.65. The Morgan fingerprint density at radius 2 is 2.25 bits per heavy atom. The summed E-state index contributed by atoms with van der Waals surface area (Å²) in [4.78, 5) is 18.6. The van der Waals surface area contributed by atoms with Crippen molar-refractivity contribution in [2.75, 3.05) is 17.3 Å². The van der Waals surface area contributed by atoms with Gasteiger partial charge in [-0.1, -0.05) is 0 Å². The highest BCUT2D eigenvalue weighted by molar-refractivity contribution is 7.98. The van der Waals surface area contributed by atoms with Gasteiger partial charge in [0.2, 0.25) is 0 Å². The zero-order chi connectivity index (χ0) is 12.0. The molecule has 2 N–H and O–H groups in total. The number of nitrogens with zero attached hydrogens (tertiary/aromatic N) is 2. The van der Waals surface area contributed by atoms with Crippen LogP contribution in [-0.2, 0) is 0 Å². The first-order valence-electron chi connectivity index (χ1n) is 4.95. The molecule has 1 atom stereocenters. The van der Waals surface area contributed by atoms with Gasteiger partial charge >= 0.3 is 5.97 Å². The van der Waals surface area contributed by atoms with Crippen molar-refractivity contribution in [3.63, 3.8) is 0 Å². The number of hydrogen-bond acceptors (Lipinski definition) is 5. The minimum atomic E-state index is -1.06. The summed E-state index contributed by atoms with van der Waals surface area (Å²) in [5, 5.41) is 12.0. The van der Waals surface area contributed by atoms with Crippen LogP contribution in [-0.4, -0.2) is 39.1 Å². The third-order valence-corrected chi connectivity index (χ3v) is 2.68. The molecule has 0 saturated heterocycles. The third kappa shape index (κ3) is 3.69. The van der Waals surface area contributed by atoms with Crippen molar-refractivity contribution in [2.24, 2.45) is 0 Å². The van der Waals surface area contributed by atoms with E-state index in [-0.39, 0.29) is 11.7 Å². The fourth-order valence-electron chi connectivity index (χ4n) is 1.20. The largest absolute Gasteiger partial charge is 0.476 e. The van der Waals surface area contributed by atoms with Crippen LogP contribution in [0.3, 0.4) is 0 Å². The maximum Gasteiger partial charge on any atom is 0.358 e. The summed E-state index contributed by atoms with van der Waals surface area (Å²) < 4.78 is 0. The van der Waals surface area contributed by atoms with Crippen LogP contribution < -0.4 is 5.32 Å².